The topological polar surface area (TPSA) is 42.5 Å². The molecule has 0 radical (unpaired) electrons. The Labute approximate surface area is 165 Å². The number of ether oxygens (including phenoxy) is 2. The quantitative estimate of drug-likeness (QED) is 0.561. The van der Waals surface area contributed by atoms with Crippen LogP contribution in [-0.4, -0.2) is 7.11 Å². The number of benzene rings is 3. The van der Waals surface area contributed by atoms with Gasteiger partial charge in [0, 0.05) is 5.56 Å². The molecule has 2 N–H and O–H groups in total. The zero-order valence-electron chi connectivity index (χ0n) is 15.9. The SMILES string of the molecule is COc1ccc2c(c1)CCC=C2NNc1ccc(OCc2ccccc2)cc1. The van der Waals surface area contributed by atoms with Gasteiger partial charge in [-0.3, -0.25) is 0 Å². The van der Waals surface area contributed by atoms with E-state index in [1.807, 2.05) is 48.5 Å². The first kappa shape index (κ1) is 18.0. The standard InChI is InChI=1S/C24H24N2O2/c1-27-22-14-15-23-19(16-22)8-5-9-24(23)26-25-20-10-12-21(13-11-20)28-17-18-6-3-2-4-7-18/h2-4,6-7,9-16,25-26H,5,8,17H2,1H3. The molecule has 0 unspecified atom stereocenters. The van der Waals surface area contributed by atoms with Crippen molar-refractivity contribution < 1.29 is 9.47 Å². The van der Waals surface area contributed by atoms with Gasteiger partial charge < -0.3 is 20.3 Å². The highest BCUT2D eigenvalue weighted by Gasteiger charge is 2.13. The van der Waals surface area contributed by atoms with Crippen molar-refractivity contribution in [2.24, 2.45) is 0 Å². The molecule has 3 aromatic rings. The van der Waals surface area contributed by atoms with Crippen LogP contribution in [0.1, 0.15) is 23.1 Å². The van der Waals surface area contributed by atoms with E-state index in [1.54, 1.807) is 7.11 Å². The van der Waals surface area contributed by atoms with Gasteiger partial charge >= 0.3 is 0 Å². The Bertz CT molecular complexity index is 950. The third kappa shape index (κ3) is 4.29. The van der Waals surface area contributed by atoms with Crippen LogP contribution in [0.25, 0.3) is 5.70 Å². The molecule has 4 heteroatoms. The van der Waals surface area contributed by atoms with E-state index < -0.39 is 0 Å². The molecule has 0 amide bonds. The van der Waals surface area contributed by atoms with E-state index in [0.29, 0.717) is 6.61 Å². The summed E-state index contributed by atoms with van der Waals surface area (Å²) >= 11 is 0. The highest BCUT2D eigenvalue weighted by Crippen LogP contribution is 2.28. The van der Waals surface area contributed by atoms with E-state index in [2.05, 4.69) is 41.2 Å². The fourth-order valence-electron chi connectivity index (χ4n) is 3.28. The van der Waals surface area contributed by atoms with Gasteiger partial charge in [-0.05, 0) is 66.4 Å². The predicted octanol–water partition coefficient (Wildman–Crippen LogP) is 5.18. The lowest BCUT2D eigenvalue weighted by Gasteiger charge is -2.21. The number of hydrogen-bond donors (Lipinski definition) is 2. The molecule has 0 spiro atoms. The van der Waals surface area contributed by atoms with Crippen molar-refractivity contribution in [3.05, 3.63) is 95.6 Å². The molecule has 0 saturated carbocycles. The van der Waals surface area contributed by atoms with Crippen LogP contribution in [0.15, 0.2) is 78.9 Å². The number of anilines is 1. The molecule has 0 heterocycles. The van der Waals surface area contributed by atoms with Gasteiger partial charge in [0.05, 0.1) is 18.5 Å². The van der Waals surface area contributed by atoms with Gasteiger partial charge in [0.15, 0.2) is 0 Å². The largest absolute Gasteiger partial charge is 0.497 e. The van der Waals surface area contributed by atoms with Gasteiger partial charge in [-0.1, -0.05) is 36.4 Å². The van der Waals surface area contributed by atoms with Crippen LogP contribution in [0.5, 0.6) is 11.5 Å². The number of aryl methyl sites for hydroxylation is 1. The summed E-state index contributed by atoms with van der Waals surface area (Å²) in [5.74, 6) is 1.75. The molecular formula is C24H24N2O2. The Hall–Kier alpha value is -3.40. The lowest BCUT2D eigenvalue weighted by molar-refractivity contribution is 0.306. The Kier molecular flexibility index (Phi) is 5.48. The molecule has 0 fully saturated rings. The molecule has 0 aromatic heterocycles. The molecule has 4 nitrogen and oxygen atoms in total. The van der Waals surface area contributed by atoms with Crippen molar-refractivity contribution in [1.29, 1.82) is 0 Å². The summed E-state index contributed by atoms with van der Waals surface area (Å²) in [6.07, 6.45) is 4.26. The smallest absolute Gasteiger partial charge is 0.119 e. The summed E-state index contributed by atoms with van der Waals surface area (Å²) < 4.78 is 11.2. The molecule has 0 atom stereocenters. The second-order valence-corrected chi connectivity index (χ2v) is 6.73. The predicted molar refractivity (Wildman–Crippen MR) is 113 cm³/mol. The number of fused-ring (bicyclic) bond motifs is 1. The third-order valence-corrected chi connectivity index (χ3v) is 4.81. The summed E-state index contributed by atoms with van der Waals surface area (Å²) in [6, 6.07) is 24.3. The Morgan fingerprint density at radius 1 is 0.857 bits per heavy atom. The van der Waals surface area contributed by atoms with Crippen molar-refractivity contribution in [1.82, 2.24) is 5.43 Å². The lowest BCUT2D eigenvalue weighted by Crippen LogP contribution is -2.22. The van der Waals surface area contributed by atoms with Gasteiger partial charge in [-0.15, -0.1) is 0 Å². The van der Waals surface area contributed by atoms with Gasteiger partial charge in [-0.25, -0.2) is 0 Å². The minimum atomic E-state index is 0.568. The molecule has 1 aliphatic carbocycles. The van der Waals surface area contributed by atoms with Gasteiger partial charge in [-0.2, -0.15) is 0 Å². The van der Waals surface area contributed by atoms with E-state index in [9.17, 15) is 0 Å². The molecule has 0 bridgehead atoms. The number of hydrazine groups is 1. The highest BCUT2D eigenvalue weighted by atomic mass is 16.5. The normalized spacial score (nSPS) is 12.5. The first-order valence-electron chi connectivity index (χ1n) is 9.48. The van der Waals surface area contributed by atoms with Crippen molar-refractivity contribution in [2.75, 3.05) is 12.5 Å². The Morgan fingerprint density at radius 2 is 1.64 bits per heavy atom. The zero-order chi connectivity index (χ0) is 19.2. The molecule has 3 aromatic carbocycles. The van der Waals surface area contributed by atoms with Gasteiger partial charge in [0.1, 0.15) is 18.1 Å². The van der Waals surface area contributed by atoms with E-state index in [4.69, 9.17) is 9.47 Å². The van der Waals surface area contributed by atoms with Crippen molar-refractivity contribution in [3.63, 3.8) is 0 Å². The summed E-state index contributed by atoms with van der Waals surface area (Å²) in [4.78, 5) is 0. The second kappa shape index (κ2) is 8.53. The second-order valence-electron chi connectivity index (χ2n) is 6.73. The molecule has 0 saturated heterocycles. The van der Waals surface area contributed by atoms with Crippen molar-refractivity contribution in [3.8, 4) is 11.5 Å². The fourth-order valence-corrected chi connectivity index (χ4v) is 3.28. The number of allylic oxidation sites excluding steroid dienone is 1. The van der Waals surface area contributed by atoms with E-state index in [0.717, 1.165) is 41.3 Å². The highest BCUT2D eigenvalue weighted by molar-refractivity contribution is 5.70. The van der Waals surface area contributed by atoms with Crippen molar-refractivity contribution in [2.45, 2.75) is 19.4 Å². The Morgan fingerprint density at radius 3 is 2.43 bits per heavy atom. The third-order valence-electron chi connectivity index (χ3n) is 4.81. The maximum atomic E-state index is 5.84. The maximum absolute atomic E-state index is 5.84. The molecule has 142 valence electrons. The van der Waals surface area contributed by atoms with Gasteiger partial charge in [0.2, 0.25) is 0 Å². The first-order chi connectivity index (χ1) is 13.8. The maximum Gasteiger partial charge on any atom is 0.119 e. The van der Waals surface area contributed by atoms with Gasteiger partial charge in [0.25, 0.3) is 0 Å². The summed E-state index contributed by atoms with van der Waals surface area (Å²) in [6.45, 7) is 0.568. The van der Waals surface area contributed by atoms with Crippen LogP contribution in [0.2, 0.25) is 0 Å². The molecule has 28 heavy (non-hydrogen) atoms. The zero-order valence-corrected chi connectivity index (χ0v) is 15.9. The van der Waals surface area contributed by atoms with Crippen LogP contribution in [0.3, 0.4) is 0 Å². The average molecular weight is 372 g/mol. The van der Waals surface area contributed by atoms with E-state index in [1.165, 1.54) is 11.1 Å². The number of nitrogens with one attached hydrogen (secondary N) is 2. The fraction of sp³-hybridized carbons (Fsp3) is 0.167. The monoisotopic (exact) mass is 372 g/mol. The minimum Gasteiger partial charge on any atom is -0.497 e. The number of methoxy groups -OCH3 is 1. The van der Waals surface area contributed by atoms with E-state index in [-0.39, 0.29) is 0 Å². The van der Waals surface area contributed by atoms with Crippen LogP contribution >= 0.6 is 0 Å². The summed E-state index contributed by atoms with van der Waals surface area (Å²) in [5.41, 5.74) is 12.4. The molecule has 0 aliphatic heterocycles. The van der Waals surface area contributed by atoms with Crippen LogP contribution < -0.4 is 20.3 Å². The van der Waals surface area contributed by atoms with Crippen LogP contribution in [0, 0.1) is 0 Å². The first-order valence-corrected chi connectivity index (χ1v) is 9.48. The van der Waals surface area contributed by atoms with Crippen LogP contribution in [0.4, 0.5) is 5.69 Å². The molecular weight excluding hydrogens is 348 g/mol. The molecule has 1 aliphatic rings. The Balaban J connectivity index is 1.35. The summed E-state index contributed by atoms with van der Waals surface area (Å²) in [5, 5.41) is 0. The lowest BCUT2D eigenvalue weighted by atomic mass is 9.95. The minimum absolute atomic E-state index is 0.568. The number of hydrogen-bond acceptors (Lipinski definition) is 4. The number of rotatable bonds is 7. The van der Waals surface area contributed by atoms with Crippen molar-refractivity contribution >= 4 is 11.4 Å². The molecule has 4 rings (SSSR count). The average Bonchev–Trinajstić information content (AvgIpc) is 2.77. The van der Waals surface area contributed by atoms with E-state index >= 15 is 0 Å². The summed E-state index contributed by atoms with van der Waals surface area (Å²) in [7, 11) is 1.70. The van der Waals surface area contributed by atoms with Crippen LogP contribution in [-0.2, 0) is 13.0 Å².